The molecule has 1 atom stereocenters. The van der Waals surface area contributed by atoms with Gasteiger partial charge in [-0.3, -0.25) is 24.5 Å². The first kappa shape index (κ1) is 25.9. The highest BCUT2D eigenvalue weighted by molar-refractivity contribution is 6.04. The van der Waals surface area contributed by atoms with Crippen LogP contribution < -0.4 is 16.0 Å². The van der Waals surface area contributed by atoms with Gasteiger partial charge in [0.15, 0.2) is 6.61 Å². The number of ether oxygens (including phenoxy) is 1. The molecule has 0 aromatic heterocycles. The Morgan fingerprint density at radius 2 is 1.56 bits per heavy atom. The fraction of sp³-hybridized carbons (Fsp3) is 0.192. The average molecular weight is 491 g/mol. The van der Waals surface area contributed by atoms with Gasteiger partial charge < -0.3 is 20.7 Å². The van der Waals surface area contributed by atoms with E-state index in [0.717, 1.165) is 5.56 Å². The van der Waals surface area contributed by atoms with Crippen LogP contribution in [-0.2, 0) is 14.3 Å². The quantitative estimate of drug-likeness (QED) is 0.209. The van der Waals surface area contributed by atoms with Crippen LogP contribution in [0, 0.1) is 10.1 Å². The first-order valence-corrected chi connectivity index (χ1v) is 11.2. The third kappa shape index (κ3) is 7.39. The standard InChI is InChI=1S/C26H26N4O6/c1-18(19-9-3-2-4-10-19)28-26(33)20-11-5-6-12-21(20)29-24(31)17-36-25(32)15-16-27-22-13-7-8-14-23(22)30(34)35/h2-14,18,27H,15-17H2,1H3,(H,28,33)(H,29,31). The van der Waals surface area contributed by atoms with Gasteiger partial charge >= 0.3 is 5.97 Å². The molecule has 1 unspecified atom stereocenters. The summed E-state index contributed by atoms with van der Waals surface area (Å²) in [4.78, 5) is 47.7. The van der Waals surface area contributed by atoms with Crippen molar-refractivity contribution in [3.05, 3.63) is 100 Å². The lowest BCUT2D eigenvalue weighted by atomic mass is 10.1. The van der Waals surface area contributed by atoms with E-state index in [9.17, 15) is 24.5 Å². The minimum atomic E-state index is -0.654. The third-order valence-electron chi connectivity index (χ3n) is 5.20. The molecular formula is C26H26N4O6. The molecule has 10 heteroatoms. The number of esters is 1. The van der Waals surface area contributed by atoms with Crippen molar-refractivity contribution < 1.29 is 24.0 Å². The molecule has 0 heterocycles. The number of amides is 2. The summed E-state index contributed by atoms with van der Waals surface area (Å²) in [7, 11) is 0. The van der Waals surface area contributed by atoms with E-state index < -0.39 is 23.4 Å². The molecule has 0 fully saturated rings. The summed E-state index contributed by atoms with van der Waals surface area (Å²) in [6.45, 7) is 1.41. The molecule has 3 aromatic carbocycles. The van der Waals surface area contributed by atoms with E-state index >= 15 is 0 Å². The van der Waals surface area contributed by atoms with Crippen molar-refractivity contribution in [2.24, 2.45) is 0 Å². The fourth-order valence-electron chi connectivity index (χ4n) is 3.38. The molecule has 2 amide bonds. The number of carbonyl (C=O) groups excluding carboxylic acids is 3. The average Bonchev–Trinajstić information content (AvgIpc) is 2.88. The number of anilines is 2. The van der Waals surface area contributed by atoms with Crippen LogP contribution in [0.25, 0.3) is 0 Å². The second-order valence-corrected chi connectivity index (χ2v) is 7.81. The lowest BCUT2D eigenvalue weighted by Gasteiger charge is -2.16. The number of hydrogen-bond acceptors (Lipinski definition) is 7. The molecule has 0 aliphatic rings. The molecule has 0 radical (unpaired) electrons. The summed E-state index contributed by atoms with van der Waals surface area (Å²) < 4.78 is 4.99. The Kier molecular flexibility index (Phi) is 9.10. The zero-order valence-electron chi connectivity index (χ0n) is 19.6. The lowest BCUT2D eigenvalue weighted by molar-refractivity contribution is -0.384. The maximum absolute atomic E-state index is 12.8. The number of nitro groups is 1. The number of rotatable bonds is 11. The molecular weight excluding hydrogens is 464 g/mol. The molecule has 0 aliphatic heterocycles. The normalized spacial score (nSPS) is 11.1. The summed E-state index contributed by atoms with van der Waals surface area (Å²) in [6.07, 6.45) is -0.101. The largest absolute Gasteiger partial charge is 0.456 e. The van der Waals surface area contributed by atoms with Gasteiger partial charge in [-0.25, -0.2) is 0 Å². The van der Waals surface area contributed by atoms with Gasteiger partial charge in [-0.15, -0.1) is 0 Å². The first-order chi connectivity index (χ1) is 17.3. The topological polar surface area (TPSA) is 140 Å². The Morgan fingerprint density at radius 1 is 0.917 bits per heavy atom. The molecule has 0 spiro atoms. The zero-order valence-corrected chi connectivity index (χ0v) is 19.6. The number of carbonyl (C=O) groups is 3. The summed E-state index contributed by atoms with van der Waals surface area (Å²) >= 11 is 0. The van der Waals surface area contributed by atoms with Gasteiger partial charge in [-0.2, -0.15) is 0 Å². The summed E-state index contributed by atoms with van der Waals surface area (Å²) in [5.74, 6) is -1.62. The monoisotopic (exact) mass is 490 g/mol. The van der Waals surface area contributed by atoms with Crippen LogP contribution in [0.3, 0.4) is 0 Å². The van der Waals surface area contributed by atoms with E-state index in [1.807, 2.05) is 37.3 Å². The SMILES string of the molecule is CC(NC(=O)c1ccccc1NC(=O)COC(=O)CCNc1ccccc1[N+](=O)[O-])c1ccccc1. The van der Waals surface area contributed by atoms with Crippen molar-refractivity contribution in [3.63, 3.8) is 0 Å². The smallest absolute Gasteiger partial charge is 0.308 e. The van der Waals surface area contributed by atoms with Crippen LogP contribution in [0.2, 0.25) is 0 Å². The minimum absolute atomic E-state index is 0.0912. The van der Waals surface area contributed by atoms with Crippen LogP contribution in [0.15, 0.2) is 78.9 Å². The summed E-state index contributed by atoms with van der Waals surface area (Å²) in [5, 5.41) is 19.3. The predicted octanol–water partition coefficient (Wildman–Crippen LogP) is 4.07. The van der Waals surface area contributed by atoms with E-state index in [2.05, 4.69) is 16.0 Å². The Bertz CT molecular complexity index is 1230. The maximum Gasteiger partial charge on any atom is 0.308 e. The van der Waals surface area contributed by atoms with Crippen molar-refractivity contribution in [2.45, 2.75) is 19.4 Å². The number of benzene rings is 3. The number of nitrogens with one attached hydrogen (secondary N) is 3. The Morgan fingerprint density at radius 3 is 2.28 bits per heavy atom. The number of nitrogens with zero attached hydrogens (tertiary/aromatic N) is 1. The van der Waals surface area contributed by atoms with Gasteiger partial charge in [-0.05, 0) is 30.7 Å². The highest BCUT2D eigenvalue weighted by atomic mass is 16.6. The van der Waals surface area contributed by atoms with E-state index in [1.165, 1.54) is 12.1 Å². The maximum atomic E-state index is 12.8. The number of hydrogen-bond donors (Lipinski definition) is 3. The highest BCUT2D eigenvalue weighted by Gasteiger charge is 2.17. The molecule has 0 aliphatic carbocycles. The zero-order chi connectivity index (χ0) is 25.9. The van der Waals surface area contributed by atoms with Crippen LogP contribution >= 0.6 is 0 Å². The van der Waals surface area contributed by atoms with Crippen LogP contribution in [0.1, 0.15) is 35.3 Å². The first-order valence-electron chi connectivity index (χ1n) is 11.2. The molecule has 0 saturated heterocycles. The van der Waals surface area contributed by atoms with E-state index in [4.69, 9.17) is 4.74 Å². The Labute approximate surface area is 207 Å². The number of para-hydroxylation sites is 3. The molecule has 10 nitrogen and oxygen atoms in total. The van der Waals surface area contributed by atoms with E-state index in [-0.39, 0.29) is 47.5 Å². The second-order valence-electron chi connectivity index (χ2n) is 7.81. The molecule has 3 rings (SSSR count). The van der Waals surface area contributed by atoms with Gasteiger partial charge in [0, 0.05) is 12.6 Å². The molecule has 3 N–H and O–H groups in total. The van der Waals surface area contributed by atoms with E-state index in [1.54, 1.807) is 36.4 Å². The van der Waals surface area contributed by atoms with Gasteiger partial charge in [0.25, 0.3) is 17.5 Å². The van der Waals surface area contributed by atoms with Crippen LogP contribution in [0.5, 0.6) is 0 Å². The van der Waals surface area contributed by atoms with Crippen LogP contribution in [-0.4, -0.2) is 35.9 Å². The van der Waals surface area contributed by atoms with Crippen molar-refractivity contribution >= 4 is 34.8 Å². The summed E-state index contributed by atoms with van der Waals surface area (Å²) in [6, 6.07) is 21.8. The van der Waals surface area contributed by atoms with Gasteiger partial charge in [-0.1, -0.05) is 54.6 Å². The molecule has 186 valence electrons. The Hall–Kier alpha value is -4.73. The van der Waals surface area contributed by atoms with Gasteiger partial charge in [0.2, 0.25) is 0 Å². The molecule has 36 heavy (non-hydrogen) atoms. The van der Waals surface area contributed by atoms with Gasteiger partial charge in [0.05, 0.1) is 28.6 Å². The van der Waals surface area contributed by atoms with E-state index in [0.29, 0.717) is 0 Å². The number of nitro benzene ring substituents is 1. The Balaban J connectivity index is 1.48. The summed E-state index contributed by atoms with van der Waals surface area (Å²) in [5.41, 5.74) is 1.68. The van der Waals surface area contributed by atoms with Crippen molar-refractivity contribution in [1.82, 2.24) is 5.32 Å². The molecule has 0 saturated carbocycles. The second kappa shape index (κ2) is 12.7. The highest BCUT2D eigenvalue weighted by Crippen LogP contribution is 2.23. The van der Waals surface area contributed by atoms with Crippen molar-refractivity contribution in [3.8, 4) is 0 Å². The fourth-order valence-corrected chi connectivity index (χ4v) is 3.38. The molecule has 0 bridgehead atoms. The van der Waals surface area contributed by atoms with Gasteiger partial charge in [0.1, 0.15) is 5.69 Å². The van der Waals surface area contributed by atoms with Crippen LogP contribution in [0.4, 0.5) is 17.1 Å². The predicted molar refractivity (Wildman–Crippen MR) is 135 cm³/mol. The molecule has 3 aromatic rings. The third-order valence-corrected chi connectivity index (χ3v) is 5.20. The van der Waals surface area contributed by atoms with Crippen molar-refractivity contribution in [2.75, 3.05) is 23.8 Å². The minimum Gasteiger partial charge on any atom is -0.456 e. The lowest BCUT2D eigenvalue weighted by Crippen LogP contribution is -2.28. The van der Waals surface area contributed by atoms with Crippen molar-refractivity contribution in [1.29, 1.82) is 0 Å².